The van der Waals surface area contributed by atoms with Crippen LogP contribution in [0.4, 0.5) is 0 Å². The summed E-state index contributed by atoms with van der Waals surface area (Å²) in [4.78, 5) is 14.2. The summed E-state index contributed by atoms with van der Waals surface area (Å²) in [6.07, 6.45) is 2.79. The maximum atomic E-state index is 11.8. The van der Waals surface area contributed by atoms with Crippen molar-refractivity contribution in [2.24, 2.45) is 0 Å². The van der Waals surface area contributed by atoms with Crippen LogP contribution in [0.3, 0.4) is 0 Å². The van der Waals surface area contributed by atoms with Crippen LogP contribution in [0.15, 0.2) is 0 Å². The van der Waals surface area contributed by atoms with E-state index in [4.69, 9.17) is 12.2 Å². The molecule has 5 heteroatoms. The molecule has 15 heavy (non-hydrogen) atoms. The molecule has 2 heterocycles. The van der Waals surface area contributed by atoms with Gasteiger partial charge < -0.3 is 15.5 Å². The van der Waals surface area contributed by atoms with E-state index >= 15 is 0 Å². The Hall–Kier alpha value is -0.680. The van der Waals surface area contributed by atoms with Crippen molar-refractivity contribution in [3.05, 3.63) is 0 Å². The van der Waals surface area contributed by atoms with Crippen LogP contribution < -0.4 is 10.6 Å². The van der Waals surface area contributed by atoms with Crippen LogP contribution in [-0.2, 0) is 4.79 Å². The zero-order chi connectivity index (χ0) is 10.9. The second-order valence-corrected chi connectivity index (χ2v) is 4.69. The Kier molecular flexibility index (Phi) is 2.93. The van der Waals surface area contributed by atoms with Gasteiger partial charge in [0.2, 0.25) is 0 Å². The molecule has 0 aromatic carbocycles. The molecule has 0 saturated carbocycles. The van der Waals surface area contributed by atoms with Crippen LogP contribution >= 0.6 is 12.2 Å². The predicted octanol–water partition coefficient (Wildman–Crippen LogP) is 0.235. The Morgan fingerprint density at radius 3 is 2.87 bits per heavy atom. The largest absolute Gasteiger partial charge is 0.348 e. The SMILES string of the molecule is CCN1CCCC2(CC1)NC(=S)NC2=O. The first-order valence-corrected chi connectivity index (χ1v) is 5.93. The molecule has 84 valence electrons. The van der Waals surface area contributed by atoms with E-state index in [1.807, 2.05) is 0 Å². The lowest BCUT2D eigenvalue weighted by molar-refractivity contribution is -0.124. The van der Waals surface area contributed by atoms with E-state index in [0.717, 1.165) is 38.9 Å². The van der Waals surface area contributed by atoms with Crippen molar-refractivity contribution in [2.45, 2.75) is 31.7 Å². The molecule has 2 aliphatic rings. The summed E-state index contributed by atoms with van der Waals surface area (Å²) >= 11 is 4.99. The molecule has 2 saturated heterocycles. The highest BCUT2D eigenvalue weighted by Gasteiger charge is 2.44. The number of nitrogens with zero attached hydrogens (tertiary/aromatic N) is 1. The highest BCUT2D eigenvalue weighted by Crippen LogP contribution is 2.25. The van der Waals surface area contributed by atoms with Gasteiger partial charge >= 0.3 is 0 Å². The molecular weight excluding hydrogens is 210 g/mol. The Morgan fingerprint density at radius 2 is 2.27 bits per heavy atom. The van der Waals surface area contributed by atoms with E-state index < -0.39 is 5.54 Å². The first kappa shape index (κ1) is 10.8. The molecule has 0 aliphatic carbocycles. The minimum Gasteiger partial charge on any atom is -0.348 e. The number of hydrogen-bond acceptors (Lipinski definition) is 3. The molecule has 1 atom stereocenters. The topological polar surface area (TPSA) is 44.4 Å². The van der Waals surface area contributed by atoms with E-state index in [2.05, 4.69) is 22.5 Å². The smallest absolute Gasteiger partial charge is 0.251 e. The van der Waals surface area contributed by atoms with Crippen LogP contribution in [0.1, 0.15) is 26.2 Å². The van der Waals surface area contributed by atoms with Gasteiger partial charge in [-0.25, -0.2) is 0 Å². The fraction of sp³-hybridized carbons (Fsp3) is 0.800. The third kappa shape index (κ3) is 1.99. The summed E-state index contributed by atoms with van der Waals surface area (Å²) in [5.74, 6) is 0.0606. The van der Waals surface area contributed by atoms with E-state index in [-0.39, 0.29) is 5.91 Å². The second kappa shape index (κ2) is 4.06. The van der Waals surface area contributed by atoms with Gasteiger partial charge in [0.15, 0.2) is 5.11 Å². The first-order valence-electron chi connectivity index (χ1n) is 5.52. The van der Waals surface area contributed by atoms with Gasteiger partial charge in [-0.15, -0.1) is 0 Å². The van der Waals surface area contributed by atoms with Gasteiger partial charge in [0.1, 0.15) is 5.54 Å². The summed E-state index contributed by atoms with van der Waals surface area (Å²) in [7, 11) is 0. The third-order valence-corrected chi connectivity index (χ3v) is 3.60. The molecule has 0 aromatic heterocycles. The molecule has 1 spiro atoms. The number of likely N-dealkylation sites (tertiary alicyclic amines) is 1. The minimum atomic E-state index is -0.416. The molecule has 0 bridgehead atoms. The Bertz CT molecular complexity index is 294. The van der Waals surface area contributed by atoms with Crippen molar-refractivity contribution in [1.29, 1.82) is 0 Å². The lowest BCUT2D eigenvalue weighted by atomic mass is 9.91. The third-order valence-electron chi connectivity index (χ3n) is 3.39. The first-order chi connectivity index (χ1) is 7.16. The van der Waals surface area contributed by atoms with Crippen molar-refractivity contribution < 1.29 is 4.79 Å². The Morgan fingerprint density at radius 1 is 1.47 bits per heavy atom. The number of amides is 1. The summed E-state index contributed by atoms with van der Waals surface area (Å²) in [5.41, 5.74) is -0.416. The van der Waals surface area contributed by atoms with Crippen LogP contribution in [-0.4, -0.2) is 41.1 Å². The van der Waals surface area contributed by atoms with E-state index in [9.17, 15) is 4.79 Å². The quantitative estimate of drug-likeness (QED) is 0.630. The zero-order valence-corrected chi connectivity index (χ0v) is 9.82. The van der Waals surface area contributed by atoms with Gasteiger partial charge in [0.05, 0.1) is 0 Å². The molecule has 2 N–H and O–H groups in total. The highest BCUT2D eigenvalue weighted by molar-refractivity contribution is 7.80. The van der Waals surface area contributed by atoms with Gasteiger partial charge in [-0.2, -0.15) is 0 Å². The standard InChI is InChI=1S/C10H17N3OS/c1-2-13-6-3-4-10(5-7-13)8(14)11-9(15)12-10/h2-7H2,1H3,(H2,11,12,14,15). The van der Waals surface area contributed by atoms with Crippen LogP contribution in [0.25, 0.3) is 0 Å². The van der Waals surface area contributed by atoms with Crippen LogP contribution in [0.2, 0.25) is 0 Å². The van der Waals surface area contributed by atoms with E-state index in [1.54, 1.807) is 0 Å². The minimum absolute atomic E-state index is 0.0606. The van der Waals surface area contributed by atoms with Gasteiger partial charge in [-0.1, -0.05) is 6.92 Å². The zero-order valence-electron chi connectivity index (χ0n) is 9.01. The van der Waals surface area contributed by atoms with Crippen molar-refractivity contribution in [3.63, 3.8) is 0 Å². The predicted molar refractivity (Wildman–Crippen MR) is 62.6 cm³/mol. The molecule has 4 nitrogen and oxygen atoms in total. The van der Waals surface area contributed by atoms with Crippen molar-refractivity contribution >= 4 is 23.2 Å². The molecule has 2 aliphatic heterocycles. The number of nitrogens with one attached hydrogen (secondary N) is 2. The van der Waals surface area contributed by atoms with Crippen molar-refractivity contribution in [1.82, 2.24) is 15.5 Å². The molecule has 2 rings (SSSR count). The molecule has 0 aromatic rings. The van der Waals surface area contributed by atoms with Crippen molar-refractivity contribution in [3.8, 4) is 0 Å². The van der Waals surface area contributed by atoms with Crippen LogP contribution in [0, 0.1) is 0 Å². The number of carbonyl (C=O) groups excluding carboxylic acids is 1. The Labute approximate surface area is 95.4 Å². The monoisotopic (exact) mass is 227 g/mol. The summed E-state index contributed by atoms with van der Waals surface area (Å²) in [5, 5.41) is 6.34. The second-order valence-electron chi connectivity index (χ2n) is 4.28. The molecule has 2 fully saturated rings. The van der Waals surface area contributed by atoms with Crippen molar-refractivity contribution in [2.75, 3.05) is 19.6 Å². The average molecular weight is 227 g/mol. The summed E-state index contributed by atoms with van der Waals surface area (Å²) in [6.45, 7) is 5.27. The summed E-state index contributed by atoms with van der Waals surface area (Å²) < 4.78 is 0. The maximum absolute atomic E-state index is 11.8. The summed E-state index contributed by atoms with van der Waals surface area (Å²) in [6, 6.07) is 0. The molecule has 1 unspecified atom stereocenters. The average Bonchev–Trinajstić information content (AvgIpc) is 2.39. The normalized spacial score (nSPS) is 32.6. The number of carbonyl (C=O) groups is 1. The van der Waals surface area contributed by atoms with E-state index in [0.29, 0.717) is 5.11 Å². The molecular formula is C10H17N3OS. The highest BCUT2D eigenvalue weighted by atomic mass is 32.1. The van der Waals surface area contributed by atoms with Gasteiger partial charge in [-0.3, -0.25) is 4.79 Å². The number of hydrogen-bond donors (Lipinski definition) is 2. The van der Waals surface area contributed by atoms with Gasteiger partial charge in [-0.05, 0) is 44.6 Å². The number of thiocarbonyl (C=S) groups is 1. The lowest BCUT2D eigenvalue weighted by Crippen LogP contribution is -2.47. The van der Waals surface area contributed by atoms with E-state index in [1.165, 1.54) is 0 Å². The van der Waals surface area contributed by atoms with Gasteiger partial charge in [0, 0.05) is 6.54 Å². The Balaban J connectivity index is 2.09. The fourth-order valence-electron chi connectivity index (χ4n) is 2.39. The number of rotatable bonds is 1. The molecule has 0 radical (unpaired) electrons. The van der Waals surface area contributed by atoms with Crippen LogP contribution in [0.5, 0.6) is 0 Å². The maximum Gasteiger partial charge on any atom is 0.251 e. The lowest BCUT2D eigenvalue weighted by Gasteiger charge is -2.24. The van der Waals surface area contributed by atoms with Gasteiger partial charge in [0.25, 0.3) is 5.91 Å². The fourth-order valence-corrected chi connectivity index (χ4v) is 2.67. The molecule has 1 amide bonds.